The van der Waals surface area contributed by atoms with Gasteiger partial charge in [-0.3, -0.25) is 0 Å². The van der Waals surface area contributed by atoms with E-state index in [0.29, 0.717) is 28.4 Å². The molecule has 1 N–H and O–H groups in total. The van der Waals surface area contributed by atoms with Gasteiger partial charge in [-0.1, -0.05) is 38.2 Å². The Balaban J connectivity index is 1.65. The van der Waals surface area contributed by atoms with Crippen molar-refractivity contribution >= 4 is 45.6 Å². The van der Waals surface area contributed by atoms with Crippen LogP contribution in [0, 0.1) is 12.8 Å². The van der Waals surface area contributed by atoms with E-state index in [1.807, 2.05) is 36.6 Å². The summed E-state index contributed by atoms with van der Waals surface area (Å²) in [6.45, 7) is 1.98. The van der Waals surface area contributed by atoms with Crippen molar-refractivity contribution in [3.8, 4) is 0 Å². The van der Waals surface area contributed by atoms with E-state index in [0.717, 1.165) is 46.7 Å². The molecule has 5 rings (SSSR count). The summed E-state index contributed by atoms with van der Waals surface area (Å²) >= 11 is 2.59. The summed E-state index contributed by atoms with van der Waals surface area (Å²) in [7, 11) is 0. The number of cyclic esters (lactones) is 1. The molecule has 3 heterocycles. The molecule has 7 heteroatoms. The Labute approximate surface area is 177 Å². The first-order valence-electron chi connectivity index (χ1n) is 10.0. The second kappa shape index (κ2) is 7.31. The Morgan fingerprint density at radius 2 is 1.97 bits per heavy atom. The molecule has 0 radical (unpaired) electrons. The van der Waals surface area contributed by atoms with Crippen LogP contribution in [0.1, 0.15) is 54.5 Å². The molecule has 2 aromatic heterocycles. The largest absolute Gasteiger partial charge is 0.420 e. The maximum absolute atomic E-state index is 13.0. The van der Waals surface area contributed by atoms with Crippen molar-refractivity contribution in [3.63, 3.8) is 0 Å². The Kier molecular flexibility index (Phi) is 4.76. The van der Waals surface area contributed by atoms with Crippen molar-refractivity contribution in [1.82, 2.24) is 8.75 Å². The van der Waals surface area contributed by atoms with Crippen LogP contribution in [0.5, 0.6) is 0 Å². The van der Waals surface area contributed by atoms with Gasteiger partial charge in [0.05, 0.1) is 22.2 Å². The lowest BCUT2D eigenvalue weighted by molar-refractivity contribution is -0.184. The highest BCUT2D eigenvalue weighted by atomic mass is 32.1. The molecule has 1 fully saturated rings. The molecule has 1 aromatic carbocycles. The van der Waals surface area contributed by atoms with E-state index in [-0.39, 0.29) is 0 Å². The molecule has 0 saturated heterocycles. The Hall–Kier alpha value is -2.09. The molecular formula is C22H22N2O3S2. The van der Waals surface area contributed by atoms with Gasteiger partial charge < -0.3 is 9.84 Å². The number of aliphatic hydroxyl groups is 1. The molecule has 0 spiro atoms. The summed E-state index contributed by atoms with van der Waals surface area (Å²) in [6, 6.07) is 7.54. The van der Waals surface area contributed by atoms with Crippen molar-refractivity contribution in [1.29, 1.82) is 0 Å². The normalized spacial score (nSPS) is 23.2. The second-order valence-electron chi connectivity index (χ2n) is 8.05. The van der Waals surface area contributed by atoms with Crippen molar-refractivity contribution in [3.05, 3.63) is 51.2 Å². The molecular weight excluding hydrogens is 404 g/mol. The molecule has 150 valence electrons. The van der Waals surface area contributed by atoms with Crippen LogP contribution in [0.25, 0.3) is 16.6 Å². The third-order valence-electron chi connectivity index (χ3n) is 5.98. The first-order valence-corrected chi connectivity index (χ1v) is 11.6. The van der Waals surface area contributed by atoms with Gasteiger partial charge in [-0.05, 0) is 54.0 Å². The smallest absolute Gasteiger partial charge is 0.342 e. The molecule has 0 bridgehead atoms. The summed E-state index contributed by atoms with van der Waals surface area (Å²) in [5.41, 5.74) is 4.54. The number of esters is 1. The number of aryl methyl sites for hydroxylation is 1. The van der Waals surface area contributed by atoms with Gasteiger partial charge in [0.15, 0.2) is 0 Å². The van der Waals surface area contributed by atoms with Gasteiger partial charge in [-0.2, -0.15) is 8.75 Å². The summed E-state index contributed by atoms with van der Waals surface area (Å²) in [5, 5.41) is 13.6. The zero-order valence-corrected chi connectivity index (χ0v) is 17.8. The number of hydrogen-bond acceptors (Lipinski definition) is 7. The van der Waals surface area contributed by atoms with Gasteiger partial charge in [0.2, 0.25) is 0 Å². The number of thiophene rings is 1. The molecule has 3 aromatic rings. The van der Waals surface area contributed by atoms with Gasteiger partial charge in [0.25, 0.3) is 5.79 Å². The van der Waals surface area contributed by atoms with Crippen LogP contribution in [-0.2, 0) is 15.3 Å². The van der Waals surface area contributed by atoms with Crippen LogP contribution in [0.2, 0.25) is 0 Å². The molecule has 1 atom stereocenters. The molecule has 1 saturated carbocycles. The number of rotatable bonds is 4. The number of fused-ring (bicyclic) bond motifs is 1. The summed E-state index contributed by atoms with van der Waals surface area (Å²) < 4.78 is 14.2. The predicted molar refractivity (Wildman–Crippen MR) is 115 cm³/mol. The van der Waals surface area contributed by atoms with Gasteiger partial charge in [-0.15, -0.1) is 11.3 Å². The standard InChI is InChI=1S/C22H22N2O3S2/c1-13-9-19(28-12-13)22(26)16(10-14-5-3-2-4-6-14)20(21(25)27-22)15-7-8-17-18(11-15)24-29-23-17/h7-9,11-12,14,26H,2-6,10H2,1H3. The number of nitrogens with zero attached hydrogens (tertiary/aromatic N) is 2. The number of carbonyl (C=O) groups is 1. The monoisotopic (exact) mass is 426 g/mol. The van der Waals surface area contributed by atoms with Crippen LogP contribution in [0.4, 0.5) is 0 Å². The molecule has 1 unspecified atom stereocenters. The van der Waals surface area contributed by atoms with Crippen molar-refractivity contribution < 1.29 is 14.6 Å². The summed E-state index contributed by atoms with van der Waals surface area (Å²) in [4.78, 5) is 13.7. The number of hydrogen-bond donors (Lipinski definition) is 1. The van der Waals surface area contributed by atoms with E-state index in [4.69, 9.17) is 4.74 Å². The third-order valence-corrected chi connectivity index (χ3v) is 7.67. The van der Waals surface area contributed by atoms with E-state index >= 15 is 0 Å². The first kappa shape index (κ1) is 18.9. The van der Waals surface area contributed by atoms with E-state index in [2.05, 4.69) is 8.75 Å². The fourth-order valence-electron chi connectivity index (χ4n) is 4.50. The predicted octanol–water partition coefficient (Wildman–Crippen LogP) is 5.19. The third kappa shape index (κ3) is 3.31. The zero-order chi connectivity index (χ0) is 20.0. The molecule has 1 aliphatic carbocycles. The van der Waals surface area contributed by atoms with Gasteiger partial charge in [-0.25, -0.2) is 4.79 Å². The molecule has 2 aliphatic rings. The van der Waals surface area contributed by atoms with E-state index in [1.54, 1.807) is 0 Å². The highest BCUT2D eigenvalue weighted by Crippen LogP contribution is 2.48. The Bertz CT molecular complexity index is 1110. The van der Waals surface area contributed by atoms with Gasteiger partial charge in [0, 0.05) is 5.57 Å². The minimum Gasteiger partial charge on any atom is -0.420 e. The minimum absolute atomic E-state index is 0.459. The fraction of sp³-hybridized carbons (Fsp3) is 0.409. The zero-order valence-electron chi connectivity index (χ0n) is 16.2. The van der Waals surface area contributed by atoms with Gasteiger partial charge in [0.1, 0.15) is 11.0 Å². The SMILES string of the molecule is Cc1csc(C2(O)OC(=O)C(c3ccc4nsnc4c3)=C2CC2CCCCC2)c1. The number of benzene rings is 1. The number of aromatic nitrogens is 2. The van der Waals surface area contributed by atoms with Crippen LogP contribution >= 0.6 is 23.1 Å². The Morgan fingerprint density at radius 3 is 2.72 bits per heavy atom. The lowest BCUT2D eigenvalue weighted by Crippen LogP contribution is -2.29. The molecule has 0 amide bonds. The highest BCUT2D eigenvalue weighted by molar-refractivity contribution is 7.10. The van der Waals surface area contributed by atoms with Crippen LogP contribution in [-0.4, -0.2) is 19.8 Å². The number of carbonyl (C=O) groups excluding carboxylic acids is 1. The number of ether oxygens (including phenoxy) is 1. The van der Waals surface area contributed by atoms with Crippen molar-refractivity contribution in [2.24, 2.45) is 5.92 Å². The second-order valence-corrected chi connectivity index (χ2v) is 9.49. The molecule has 29 heavy (non-hydrogen) atoms. The quantitative estimate of drug-likeness (QED) is 0.582. The lowest BCUT2D eigenvalue weighted by Gasteiger charge is -2.28. The van der Waals surface area contributed by atoms with Crippen LogP contribution in [0.15, 0.2) is 35.2 Å². The average molecular weight is 427 g/mol. The Morgan fingerprint density at radius 1 is 1.17 bits per heavy atom. The lowest BCUT2D eigenvalue weighted by atomic mass is 9.81. The fourth-order valence-corrected chi connectivity index (χ4v) is 5.97. The first-order chi connectivity index (χ1) is 14.0. The van der Waals surface area contributed by atoms with Crippen molar-refractivity contribution in [2.45, 2.75) is 51.2 Å². The van der Waals surface area contributed by atoms with Crippen LogP contribution in [0.3, 0.4) is 0 Å². The van der Waals surface area contributed by atoms with E-state index in [1.165, 1.54) is 30.6 Å². The maximum atomic E-state index is 13.0. The molecule has 5 nitrogen and oxygen atoms in total. The minimum atomic E-state index is -1.68. The van der Waals surface area contributed by atoms with Gasteiger partial charge >= 0.3 is 5.97 Å². The molecule has 1 aliphatic heterocycles. The topological polar surface area (TPSA) is 72.3 Å². The van der Waals surface area contributed by atoms with Crippen molar-refractivity contribution in [2.75, 3.05) is 0 Å². The average Bonchev–Trinajstić information content (AvgIpc) is 3.41. The van der Waals surface area contributed by atoms with Crippen LogP contribution < -0.4 is 0 Å². The summed E-state index contributed by atoms with van der Waals surface area (Å²) in [5.74, 6) is -1.69. The van der Waals surface area contributed by atoms with E-state index < -0.39 is 11.8 Å². The highest BCUT2D eigenvalue weighted by Gasteiger charge is 2.49. The summed E-state index contributed by atoms with van der Waals surface area (Å²) in [6.07, 6.45) is 6.59. The van der Waals surface area contributed by atoms with E-state index in [9.17, 15) is 9.90 Å². The maximum Gasteiger partial charge on any atom is 0.342 e.